The number of allylic oxidation sites excluding steroid dienone is 3. The molecule has 2 heterocycles. The van der Waals surface area contributed by atoms with E-state index in [1.165, 1.54) is 25.0 Å². The predicted molar refractivity (Wildman–Crippen MR) is 110 cm³/mol. The fourth-order valence-corrected chi connectivity index (χ4v) is 6.27. The lowest BCUT2D eigenvalue weighted by atomic mass is 9.74. The molecule has 8 heteroatoms. The van der Waals surface area contributed by atoms with Crippen LogP contribution >= 0.6 is 11.8 Å². The average molecular weight is 413 g/mol. The molecule has 6 nitrogen and oxygen atoms in total. The maximum absolute atomic E-state index is 12.8. The summed E-state index contributed by atoms with van der Waals surface area (Å²) in [5.41, 5.74) is 1.18. The van der Waals surface area contributed by atoms with Crippen molar-refractivity contribution in [1.29, 1.82) is 0 Å². The number of nitrogens with one attached hydrogen (secondary N) is 1. The summed E-state index contributed by atoms with van der Waals surface area (Å²) in [5, 5.41) is 3.35. The summed E-state index contributed by atoms with van der Waals surface area (Å²) in [6.45, 7) is 0.869. The molecule has 0 aromatic carbocycles. The van der Waals surface area contributed by atoms with E-state index in [1.54, 1.807) is 0 Å². The van der Waals surface area contributed by atoms with Gasteiger partial charge in [0.05, 0.1) is 22.6 Å². The Morgan fingerprint density at radius 2 is 1.96 bits per heavy atom. The Morgan fingerprint density at radius 1 is 1.26 bits per heavy atom. The van der Waals surface area contributed by atoms with Crippen LogP contribution in [0.5, 0.6) is 0 Å². The normalized spacial score (nSPS) is 32.6. The van der Waals surface area contributed by atoms with Gasteiger partial charge in [-0.25, -0.2) is 0 Å². The lowest BCUT2D eigenvalue weighted by Gasteiger charge is -2.38. The molecule has 1 spiro atoms. The Kier molecular flexibility index (Phi) is 6.48. The van der Waals surface area contributed by atoms with Gasteiger partial charge in [0.2, 0.25) is 5.91 Å². The van der Waals surface area contributed by atoms with Crippen LogP contribution < -0.4 is 5.32 Å². The van der Waals surface area contributed by atoms with Gasteiger partial charge in [0.25, 0.3) is 10.1 Å². The van der Waals surface area contributed by atoms with Gasteiger partial charge < -0.3 is 5.32 Å². The molecule has 2 aliphatic carbocycles. The van der Waals surface area contributed by atoms with Gasteiger partial charge in [0.15, 0.2) is 0 Å². The first-order valence-corrected chi connectivity index (χ1v) is 12.4. The Balaban J connectivity index is 0.000000376. The summed E-state index contributed by atoms with van der Waals surface area (Å²) in [5.74, 6) is 1.79. The Morgan fingerprint density at radius 3 is 2.67 bits per heavy atom. The van der Waals surface area contributed by atoms with Crippen molar-refractivity contribution < 1.29 is 17.8 Å². The Labute approximate surface area is 165 Å². The second kappa shape index (κ2) is 8.49. The van der Waals surface area contributed by atoms with Gasteiger partial charge >= 0.3 is 0 Å². The zero-order valence-electron chi connectivity index (χ0n) is 15.6. The number of rotatable bonds is 2. The van der Waals surface area contributed by atoms with Crippen LogP contribution in [-0.2, 0) is 14.9 Å². The second-order valence-corrected chi connectivity index (χ2v) is 10.4. The van der Waals surface area contributed by atoms with E-state index < -0.39 is 10.1 Å². The number of nitrogens with zero attached hydrogens (tertiary/aromatic N) is 1. The van der Waals surface area contributed by atoms with E-state index >= 15 is 0 Å². The van der Waals surface area contributed by atoms with E-state index in [-0.39, 0.29) is 10.7 Å². The minimum absolute atomic E-state index is 0.0262. The maximum Gasteiger partial charge on any atom is 0.261 e. The molecule has 0 aromatic heterocycles. The molecule has 27 heavy (non-hydrogen) atoms. The first kappa shape index (κ1) is 20.6. The van der Waals surface area contributed by atoms with Gasteiger partial charge in [-0.2, -0.15) is 8.42 Å². The molecule has 0 radical (unpaired) electrons. The Hall–Kier alpha value is -1.12. The molecular formula is C19H28N2O4S2. The molecule has 2 N–H and O–H groups in total. The van der Waals surface area contributed by atoms with E-state index in [4.69, 9.17) is 9.55 Å². The first-order chi connectivity index (χ1) is 12.8. The summed E-state index contributed by atoms with van der Waals surface area (Å²) >= 11 is 1.93. The Bertz CT molecular complexity index is 746. The number of thioether (sulfide) groups is 1. The van der Waals surface area contributed by atoms with Crippen molar-refractivity contribution in [2.75, 3.05) is 18.6 Å². The second-order valence-electron chi connectivity index (χ2n) is 7.67. The third-order valence-corrected chi connectivity index (χ3v) is 7.31. The van der Waals surface area contributed by atoms with Gasteiger partial charge in [0.1, 0.15) is 0 Å². The number of carbonyl (C=O) groups excluding carboxylic acids is 1. The molecule has 4 aliphatic rings. The topological polar surface area (TPSA) is 95.8 Å². The highest BCUT2D eigenvalue weighted by atomic mass is 32.2. The minimum Gasteiger partial charge on any atom is -0.353 e. The molecule has 0 bridgehead atoms. The molecule has 3 atom stereocenters. The molecule has 2 aliphatic heterocycles. The summed E-state index contributed by atoms with van der Waals surface area (Å²) < 4.78 is 25.8. The van der Waals surface area contributed by atoms with Crippen molar-refractivity contribution in [2.24, 2.45) is 16.8 Å². The van der Waals surface area contributed by atoms with E-state index in [1.807, 2.05) is 11.8 Å². The van der Waals surface area contributed by atoms with Crippen LogP contribution in [-0.4, -0.2) is 53.9 Å². The molecule has 3 unspecified atom stereocenters. The van der Waals surface area contributed by atoms with Gasteiger partial charge in [-0.05, 0) is 31.3 Å². The fraction of sp³-hybridized carbons (Fsp3) is 0.684. The molecule has 2 fully saturated rings. The smallest absolute Gasteiger partial charge is 0.261 e. The van der Waals surface area contributed by atoms with Crippen LogP contribution in [0.3, 0.4) is 0 Å². The molecule has 4 rings (SSSR count). The third kappa shape index (κ3) is 5.03. The highest BCUT2D eigenvalue weighted by molar-refractivity contribution is 8.02. The van der Waals surface area contributed by atoms with Crippen molar-refractivity contribution in [3.63, 3.8) is 0 Å². The third-order valence-electron chi connectivity index (χ3n) is 5.66. The van der Waals surface area contributed by atoms with Crippen molar-refractivity contribution in [3.05, 3.63) is 24.3 Å². The van der Waals surface area contributed by atoms with Crippen LogP contribution in [0.15, 0.2) is 29.3 Å². The molecule has 150 valence electrons. The molecule has 1 saturated heterocycles. The number of aliphatic imine (C=N–C) groups is 1. The average Bonchev–Trinajstić information content (AvgIpc) is 2.99. The van der Waals surface area contributed by atoms with Crippen LogP contribution in [0.25, 0.3) is 0 Å². The number of hydrogen-bond donors (Lipinski definition) is 2. The molecule has 0 aromatic rings. The monoisotopic (exact) mass is 412 g/mol. The van der Waals surface area contributed by atoms with Crippen molar-refractivity contribution in [2.45, 2.75) is 49.3 Å². The summed E-state index contributed by atoms with van der Waals surface area (Å²) in [7, 11) is -3.67. The van der Waals surface area contributed by atoms with E-state index in [0.717, 1.165) is 31.6 Å². The van der Waals surface area contributed by atoms with Gasteiger partial charge in [-0.3, -0.25) is 14.3 Å². The van der Waals surface area contributed by atoms with Crippen LogP contribution in [0, 0.1) is 11.8 Å². The van der Waals surface area contributed by atoms with Gasteiger partial charge in [-0.15, -0.1) is 11.8 Å². The highest BCUT2D eigenvalue weighted by Gasteiger charge is 2.54. The van der Waals surface area contributed by atoms with Crippen LogP contribution in [0.4, 0.5) is 0 Å². The predicted octanol–water partition coefficient (Wildman–Crippen LogP) is 2.63. The zero-order chi connectivity index (χ0) is 19.5. The minimum atomic E-state index is -3.67. The van der Waals surface area contributed by atoms with Gasteiger partial charge in [0, 0.05) is 18.3 Å². The van der Waals surface area contributed by atoms with Crippen molar-refractivity contribution in [3.8, 4) is 0 Å². The SMILES string of the molecule is CS(=O)(=O)O.O=C(NC1CCCCC1)C1CSC23C=CC=CC2=NCCC13. The van der Waals surface area contributed by atoms with E-state index in [2.05, 4.69) is 29.6 Å². The summed E-state index contributed by atoms with van der Waals surface area (Å²) in [4.78, 5) is 17.6. The highest BCUT2D eigenvalue weighted by Crippen LogP contribution is 2.52. The number of hydrogen-bond acceptors (Lipinski definition) is 5. The number of carbonyl (C=O) groups is 1. The van der Waals surface area contributed by atoms with Crippen molar-refractivity contribution >= 4 is 33.5 Å². The zero-order valence-corrected chi connectivity index (χ0v) is 17.3. The largest absolute Gasteiger partial charge is 0.353 e. The number of amides is 1. The molecular weight excluding hydrogens is 384 g/mol. The lowest BCUT2D eigenvalue weighted by molar-refractivity contribution is -0.126. The first-order valence-electron chi connectivity index (χ1n) is 9.57. The summed E-state index contributed by atoms with van der Waals surface area (Å²) in [6, 6.07) is 0.418. The summed E-state index contributed by atoms with van der Waals surface area (Å²) in [6.07, 6.45) is 16.6. The molecule has 1 saturated carbocycles. The van der Waals surface area contributed by atoms with Crippen LogP contribution in [0.2, 0.25) is 0 Å². The maximum atomic E-state index is 12.8. The quantitative estimate of drug-likeness (QED) is 0.680. The molecule has 1 amide bonds. The van der Waals surface area contributed by atoms with Gasteiger partial charge in [-0.1, -0.05) is 37.5 Å². The standard InChI is InChI=1S/C18H24N2OS.CH4O3S/c21-17(20-13-6-2-1-3-7-13)14-12-22-18-10-5-4-8-16(18)19-11-9-15(14)18;1-5(2,3)4/h4-5,8,10,13-15H,1-3,6-7,9,11-12H2,(H,20,21);1H3,(H,2,3,4). The fourth-order valence-electron chi connectivity index (χ4n) is 4.48. The van der Waals surface area contributed by atoms with E-state index in [9.17, 15) is 13.2 Å². The van der Waals surface area contributed by atoms with Crippen molar-refractivity contribution in [1.82, 2.24) is 5.32 Å². The lowest BCUT2D eigenvalue weighted by Crippen LogP contribution is -2.48. The van der Waals surface area contributed by atoms with E-state index in [0.29, 0.717) is 24.1 Å². The van der Waals surface area contributed by atoms with Crippen LogP contribution in [0.1, 0.15) is 38.5 Å².